The molecule has 0 aliphatic rings. The molecule has 0 bridgehead atoms. The number of nitro benzene ring substituents is 1. The largest absolute Gasteiger partial charge is 0.379 e. The molecule has 0 aliphatic carbocycles. The number of anilines is 1. The van der Waals surface area contributed by atoms with E-state index in [1.807, 2.05) is 12.3 Å². The van der Waals surface area contributed by atoms with Crippen LogP contribution in [0.25, 0.3) is 0 Å². The topological polar surface area (TPSA) is 68.1 Å². The van der Waals surface area contributed by atoms with Gasteiger partial charge in [0, 0.05) is 28.9 Å². The molecule has 0 atom stereocenters. The Morgan fingerprint density at radius 1 is 1.53 bits per heavy atom. The van der Waals surface area contributed by atoms with Crippen molar-refractivity contribution in [2.24, 2.45) is 0 Å². The van der Waals surface area contributed by atoms with E-state index in [0.29, 0.717) is 12.2 Å². The van der Waals surface area contributed by atoms with Crippen LogP contribution >= 0.6 is 27.3 Å². The van der Waals surface area contributed by atoms with Crippen molar-refractivity contribution < 1.29 is 4.92 Å². The van der Waals surface area contributed by atoms with Gasteiger partial charge in [-0.3, -0.25) is 10.1 Å². The molecule has 1 aromatic heterocycles. The van der Waals surface area contributed by atoms with Gasteiger partial charge in [-0.15, -0.1) is 11.3 Å². The first-order chi connectivity index (χ1) is 9.06. The highest BCUT2D eigenvalue weighted by atomic mass is 79.9. The lowest BCUT2D eigenvalue weighted by Crippen LogP contribution is -2.07. The standard InChI is InChI=1S/C12H12BrN3O2S/c1-8-15-10(7-19-8)4-5-14-11-6-9(13)2-3-12(11)16(17)18/h2-3,6-7,14H,4-5H2,1H3. The van der Waals surface area contributed by atoms with E-state index in [-0.39, 0.29) is 10.6 Å². The van der Waals surface area contributed by atoms with E-state index < -0.39 is 0 Å². The first kappa shape index (κ1) is 14.0. The molecule has 1 aromatic carbocycles. The second-order valence-corrected chi connectivity index (χ2v) is 5.93. The summed E-state index contributed by atoms with van der Waals surface area (Å²) in [6.07, 6.45) is 0.744. The van der Waals surface area contributed by atoms with Gasteiger partial charge in [0.2, 0.25) is 0 Å². The monoisotopic (exact) mass is 341 g/mol. The summed E-state index contributed by atoms with van der Waals surface area (Å²) in [5.74, 6) is 0. The number of nitro groups is 1. The molecule has 5 nitrogen and oxygen atoms in total. The van der Waals surface area contributed by atoms with E-state index in [4.69, 9.17) is 0 Å². The SMILES string of the molecule is Cc1nc(CCNc2cc(Br)ccc2[N+](=O)[O-])cs1. The normalized spacial score (nSPS) is 10.4. The van der Waals surface area contributed by atoms with Crippen LogP contribution < -0.4 is 5.32 Å². The fraction of sp³-hybridized carbons (Fsp3) is 0.250. The molecule has 0 amide bonds. The number of nitrogens with one attached hydrogen (secondary N) is 1. The summed E-state index contributed by atoms with van der Waals surface area (Å²) in [5.41, 5.74) is 1.61. The minimum atomic E-state index is -0.387. The highest BCUT2D eigenvalue weighted by Gasteiger charge is 2.13. The van der Waals surface area contributed by atoms with Gasteiger partial charge < -0.3 is 5.32 Å². The number of hydrogen-bond donors (Lipinski definition) is 1. The Morgan fingerprint density at radius 3 is 2.95 bits per heavy atom. The van der Waals surface area contributed by atoms with Crippen molar-refractivity contribution in [2.75, 3.05) is 11.9 Å². The van der Waals surface area contributed by atoms with Crippen LogP contribution in [0.4, 0.5) is 11.4 Å². The number of aryl methyl sites for hydroxylation is 1. The first-order valence-electron chi connectivity index (χ1n) is 5.65. The van der Waals surface area contributed by atoms with Crippen LogP contribution in [0, 0.1) is 17.0 Å². The Balaban J connectivity index is 2.02. The maximum Gasteiger partial charge on any atom is 0.292 e. The van der Waals surface area contributed by atoms with Crippen LogP contribution in [0.2, 0.25) is 0 Å². The first-order valence-corrected chi connectivity index (χ1v) is 7.32. The summed E-state index contributed by atoms with van der Waals surface area (Å²) in [6, 6.07) is 4.86. The third-order valence-corrected chi connectivity index (χ3v) is 3.83. The van der Waals surface area contributed by atoms with Gasteiger partial charge in [-0.1, -0.05) is 15.9 Å². The molecular formula is C12H12BrN3O2S. The van der Waals surface area contributed by atoms with E-state index in [1.165, 1.54) is 6.07 Å². The van der Waals surface area contributed by atoms with Gasteiger partial charge in [-0.25, -0.2) is 4.98 Å². The molecular weight excluding hydrogens is 330 g/mol. The fourth-order valence-electron chi connectivity index (χ4n) is 1.66. The summed E-state index contributed by atoms with van der Waals surface area (Å²) in [7, 11) is 0. The molecule has 0 saturated carbocycles. The minimum Gasteiger partial charge on any atom is -0.379 e. The van der Waals surface area contributed by atoms with Gasteiger partial charge >= 0.3 is 0 Å². The summed E-state index contributed by atoms with van der Waals surface area (Å²) in [4.78, 5) is 14.9. The predicted octanol–water partition coefficient (Wildman–Crippen LogP) is 3.78. The van der Waals surface area contributed by atoms with Crippen LogP contribution in [-0.2, 0) is 6.42 Å². The minimum absolute atomic E-state index is 0.0812. The molecule has 7 heteroatoms. The van der Waals surface area contributed by atoms with E-state index in [1.54, 1.807) is 23.5 Å². The Hall–Kier alpha value is -1.47. The van der Waals surface area contributed by atoms with Crippen molar-refractivity contribution in [3.8, 4) is 0 Å². The van der Waals surface area contributed by atoms with Gasteiger partial charge in [0.05, 0.1) is 15.6 Å². The smallest absolute Gasteiger partial charge is 0.292 e. The number of hydrogen-bond acceptors (Lipinski definition) is 5. The van der Waals surface area contributed by atoms with Gasteiger partial charge in [0.1, 0.15) is 5.69 Å². The van der Waals surface area contributed by atoms with Crippen molar-refractivity contribution in [3.63, 3.8) is 0 Å². The molecule has 2 rings (SSSR count). The maximum absolute atomic E-state index is 10.9. The Morgan fingerprint density at radius 2 is 2.32 bits per heavy atom. The van der Waals surface area contributed by atoms with E-state index in [2.05, 4.69) is 26.2 Å². The molecule has 0 unspecified atom stereocenters. The molecule has 19 heavy (non-hydrogen) atoms. The summed E-state index contributed by atoms with van der Waals surface area (Å²) in [6.45, 7) is 2.57. The van der Waals surface area contributed by atoms with Crippen molar-refractivity contribution in [3.05, 3.63) is 48.9 Å². The lowest BCUT2D eigenvalue weighted by Gasteiger charge is -2.06. The van der Waals surface area contributed by atoms with Gasteiger partial charge in [0.25, 0.3) is 5.69 Å². The average Bonchev–Trinajstić information content (AvgIpc) is 2.75. The molecule has 2 aromatic rings. The molecule has 0 spiro atoms. The van der Waals surface area contributed by atoms with Gasteiger partial charge in [-0.05, 0) is 19.1 Å². The molecule has 1 N–H and O–H groups in total. The zero-order chi connectivity index (χ0) is 13.8. The van der Waals surface area contributed by atoms with E-state index in [0.717, 1.165) is 21.6 Å². The van der Waals surface area contributed by atoms with Crippen molar-refractivity contribution >= 4 is 38.6 Å². The molecule has 1 heterocycles. The quantitative estimate of drug-likeness (QED) is 0.663. The van der Waals surface area contributed by atoms with Crippen molar-refractivity contribution in [2.45, 2.75) is 13.3 Å². The molecule has 0 saturated heterocycles. The zero-order valence-electron chi connectivity index (χ0n) is 10.2. The number of halogens is 1. The van der Waals surface area contributed by atoms with E-state index in [9.17, 15) is 10.1 Å². The summed E-state index contributed by atoms with van der Waals surface area (Å²) in [5, 5.41) is 17.0. The number of thiazole rings is 1. The fourth-order valence-corrected chi connectivity index (χ4v) is 2.67. The van der Waals surface area contributed by atoms with Crippen LogP contribution in [0.3, 0.4) is 0 Å². The average molecular weight is 342 g/mol. The van der Waals surface area contributed by atoms with E-state index >= 15 is 0 Å². The summed E-state index contributed by atoms with van der Waals surface area (Å²) < 4.78 is 0.810. The zero-order valence-corrected chi connectivity index (χ0v) is 12.6. The number of rotatable bonds is 5. The molecule has 0 aliphatic heterocycles. The maximum atomic E-state index is 10.9. The lowest BCUT2D eigenvalue weighted by atomic mass is 10.2. The number of benzene rings is 1. The summed E-state index contributed by atoms with van der Waals surface area (Å²) >= 11 is 4.92. The third-order valence-electron chi connectivity index (χ3n) is 2.52. The predicted molar refractivity (Wildman–Crippen MR) is 79.8 cm³/mol. The van der Waals surface area contributed by atoms with Gasteiger partial charge in [-0.2, -0.15) is 0 Å². The van der Waals surface area contributed by atoms with Crippen LogP contribution in [0.5, 0.6) is 0 Å². The Kier molecular flexibility index (Phi) is 4.49. The molecule has 0 fully saturated rings. The van der Waals surface area contributed by atoms with Crippen molar-refractivity contribution in [1.82, 2.24) is 4.98 Å². The molecule has 0 radical (unpaired) electrons. The highest BCUT2D eigenvalue weighted by Crippen LogP contribution is 2.27. The van der Waals surface area contributed by atoms with Crippen LogP contribution in [-0.4, -0.2) is 16.5 Å². The number of nitrogens with zero attached hydrogens (tertiary/aromatic N) is 2. The number of aromatic nitrogens is 1. The Labute approximate surface area is 123 Å². The highest BCUT2D eigenvalue weighted by molar-refractivity contribution is 9.10. The van der Waals surface area contributed by atoms with Gasteiger partial charge in [0.15, 0.2) is 0 Å². The molecule has 100 valence electrons. The van der Waals surface area contributed by atoms with Crippen LogP contribution in [0.15, 0.2) is 28.1 Å². The third kappa shape index (κ3) is 3.74. The van der Waals surface area contributed by atoms with Crippen molar-refractivity contribution in [1.29, 1.82) is 0 Å². The second kappa shape index (κ2) is 6.12. The second-order valence-electron chi connectivity index (χ2n) is 3.95. The Bertz CT molecular complexity index is 600. The lowest BCUT2D eigenvalue weighted by molar-refractivity contribution is -0.384. The van der Waals surface area contributed by atoms with Crippen LogP contribution in [0.1, 0.15) is 10.7 Å².